The molecule has 1 aliphatic heterocycles. The van der Waals surface area contributed by atoms with Gasteiger partial charge >= 0.3 is 12.0 Å². The molecule has 2 atom stereocenters. The number of benzene rings is 3. The molecular weight excluding hydrogens is 820 g/mol. The van der Waals surface area contributed by atoms with Gasteiger partial charge in [-0.3, -0.25) is 24.0 Å². The minimum absolute atomic E-state index is 0.0674. The lowest BCUT2D eigenvalue weighted by molar-refractivity contribution is -0.144. The summed E-state index contributed by atoms with van der Waals surface area (Å²) in [4.78, 5) is 82.9. The average molecular weight is 888 g/mol. The van der Waals surface area contributed by atoms with Gasteiger partial charge in [-0.2, -0.15) is 0 Å². The van der Waals surface area contributed by atoms with E-state index in [1.165, 1.54) is 74.8 Å². The molecule has 2 unspecified atom stereocenters. The Hall–Kier alpha value is -5.23. The van der Waals surface area contributed by atoms with E-state index in [2.05, 4.69) is 17.6 Å². The van der Waals surface area contributed by atoms with Gasteiger partial charge in [0.2, 0.25) is 5.91 Å². The molecule has 0 radical (unpaired) electrons. The molecule has 0 aliphatic carbocycles. The Bertz CT molecular complexity index is 1960. The molecular formula is C50H67ClN4O8. The zero-order valence-corrected chi connectivity index (χ0v) is 38.4. The zero-order chi connectivity index (χ0) is 45.6. The van der Waals surface area contributed by atoms with Crippen molar-refractivity contribution in [1.82, 2.24) is 9.80 Å². The number of hydrogen-bond acceptors (Lipinski definition) is 8. The molecule has 342 valence electrons. The predicted octanol–water partition coefficient (Wildman–Crippen LogP) is 11.2. The maximum atomic E-state index is 14.2. The molecule has 4 rings (SSSR count). The number of esters is 1. The molecule has 13 heteroatoms. The summed E-state index contributed by atoms with van der Waals surface area (Å²) >= 11 is 6.56. The number of hydrogen-bond donors (Lipinski definition) is 2. The van der Waals surface area contributed by atoms with Crippen LogP contribution in [0.15, 0.2) is 72.8 Å². The summed E-state index contributed by atoms with van der Waals surface area (Å²) in [6.45, 7) is 6.38. The second-order valence-corrected chi connectivity index (χ2v) is 17.2. The molecule has 0 spiro atoms. The Balaban J connectivity index is 1.27. The number of unbranched alkanes of at least 4 members (excludes halogenated alkanes) is 12. The minimum atomic E-state index is -1.85. The maximum Gasteiger partial charge on any atom is 0.328 e. The van der Waals surface area contributed by atoms with E-state index >= 15 is 0 Å². The molecule has 1 heterocycles. The summed E-state index contributed by atoms with van der Waals surface area (Å²) in [5, 5.41) is 5.81. The maximum absolute atomic E-state index is 14.2. The first-order valence-electron chi connectivity index (χ1n) is 22.8. The molecule has 0 saturated carbocycles. The van der Waals surface area contributed by atoms with Crippen LogP contribution in [0, 0.1) is 5.41 Å². The number of rotatable bonds is 29. The fourth-order valence-electron chi connectivity index (χ4n) is 7.60. The van der Waals surface area contributed by atoms with Crippen molar-refractivity contribution in [2.75, 3.05) is 30.9 Å². The van der Waals surface area contributed by atoms with Crippen LogP contribution < -0.4 is 15.4 Å². The Labute approximate surface area is 378 Å². The van der Waals surface area contributed by atoms with Crippen LogP contribution in [0.3, 0.4) is 0 Å². The monoisotopic (exact) mass is 886 g/mol. The van der Waals surface area contributed by atoms with Crippen LogP contribution in [-0.4, -0.2) is 71.6 Å². The molecule has 0 aromatic heterocycles. The van der Waals surface area contributed by atoms with Crippen molar-refractivity contribution in [3.8, 4) is 5.75 Å². The zero-order valence-electron chi connectivity index (χ0n) is 37.7. The second-order valence-electron chi connectivity index (χ2n) is 16.8. The highest BCUT2D eigenvalue weighted by Crippen LogP contribution is 2.33. The van der Waals surface area contributed by atoms with Gasteiger partial charge in [0.15, 0.2) is 11.8 Å². The third-order valence-electron chi connectivity index (χ3n) is 11.8. The van der Waals surface area contributed by atoms with E-state index in [1.54, 1.807) is 18.2 Å². The molecule has 5 amide bonds. The lowest BCUT2D eigenvalue weighted by atomic mass is 9.81. The third kappa shape index (κ3) is 15.8. The van der Waals surface area contributed by atoms with Crippen molar-refractivity contribution in [1.29, 1.82) is 0 Å². The SMILES string of the molecule is CCCCOC(=O)CCCCCCCCCCCCCCC(C)(CC)C(=O)Nc1ccc(Cl)c(NC(=O)C(C(=O)c2ccc(OC)cc2)N2C(=O)CN(Cc3ccccc3)C2=O)c1. The van der Waals surface area contributed by atoms with E-state index in [4.69, 9.17) is 21.1 Å². The first-order chi connectivity index (χ1) is 30.4. The highest BCUT2D eigenvalue weighted by molar-refractivity contribution is 6.34. The number of nitrogens with one attached hydrogen (secondary N) is 2. The van der Waals surface area contributed by atoms with Crippen molar-refractivity contribution >= 4 is 58.5 Å². The standard InChI is InChI=1S/C50H67ClN4O8/c1-5-7-33-63-44(57)25-21-16-14-12-10-8-9-11-13-15-17-22-32-50(3,6-2)48(60)52-39-28-31-41(51)42(34-39)53-47(59)45(46(58)38-26-29-40(62-4)30-27-38)55-43(56)36-54(49(55)61)35-37-23-19-18-20-24-37/h18-20,23-24,26-31,34,45H,5-17,21-22,25,32-33,35-36H2,1-4H3,(H,52,60)(H,53,59). The number of ether oxygens (including phenoxy) is 2. The molecule has 1 fully saturated rings. The number of imide groups is 1. The largest absolute Gasteiger partial charge is 0.497 e. The van der Waals surface area contributed by atoms with E-state index < -0.39 is 35.1 Å². The number of halogens is 1. The molecule has 3 aromatic rings. The van der Waals surface area contributed by atoms with Crippen LogP contribution in [0.25, 0.3) is 0 Å². The number of ketones is 1. The van der Waals surface area contributed by atoms with Crippen LogP contribution in [-0.2, 0) is 30.5 Å². The number of nitrogens with zero attached hydrogens (tertiary/aromatic N) is 2. The van der Waals surface area contributed by atoms with Gasteiger partial charge in [0.1, 0.15) is 12.3 Å². The van der Waals surface area contributed by atoms with E-state index in [9.17, 15) is 28.8 Å². The van der Waals surface area contributed by atoms with Crippen molar-refractivity contribution in [2.45, 2.75) is 143 Å². The van der Waals surface area contributed by atoms with Crippen molar-refractivity contribution in [3.63, 3.8) is 0 Å². The quantitative estimate of drug-likeness (QED) is 0.0230. The van der Waals surface area contributed by atoms with Crippen LogP contribution >= 0.6 is 11.6 Å². The predicted molar refractivity (Wildman–Crippen MR) is 248 cm³/mol. The summed E-state index contributed by atoms with van der Waals surface area (Å²) < 4.78 is 10.4. The Morgan fingerprint density at radius 3 is 2.00 bits per heavy atom. The van der Waals surface area contributed by atoms with Crippen LogP contribution in [0.5, 0.6) is 5.75 Å². The number of anilines is 2. The fraction of sp³-hybridized carbons (Fsp3) is 0.520. The number of Topliss-reactive ketones (excluding diaryl/α,β-unsaturated/α-hetero) is 1. The lowest BCUT2D eigenvalue weighted by Crippen LogP contribution is -2.52. The summed E-state index contributed by atoms with van der Waals surface area (Å²) in [5.41, 5.74) is 0.738. The first-order valence-corrected chi connectivity index (χ1v) is 23.2. The second kappa shape index (κ2) is 26.4. The summed E-state index contributed by atoms with van der Waals surface area (Å²) in [6, 6.07) is 17.2. The Morgan fingerprint density at radius 2 is 1.40 bits per heavy atom. The van der Waals surface area contributed by atoms with Gasteiger partial charge in [-0.25, -0.2) is 9.69 Å². The summed E-state index contributed by atoms with van der Waals surface area (Å²) in [5.74, 6) is -2.14. The molecule has 63 heavy (non-hydrogen) atoms. The normalized spacial score (nSPS) is 14.0. The van der Waals surface area contributed by atoms with Crippen LogP contribution in [0.2, 0.25) is 5.02 Å². The van der Waals surface area contributed by atoms with Crippen molar-refractivity contribution in [3.05, 3.63) is 88.9 Å². The fourth-order valence-corrected chi connectivity index (χ4v) is 7.77. The van der Waals surface area contributed by atoms with Gasteiger partial charge in [-0.1, -0.05) is 140 Å². The van der Waals surface area contributed by atoms with E-state index in [0.717, 1.165) is 63.4 Å². The van der Waals surface area contributed by atoms with Gasteiger partial charge in [0.25, 0.3) is 11.8 Å². The van der Waals surface area contributed by atoms with Crippen LogP contribution in [0.4, 0.5) is 16.2 Å². The lowest BCUT2D eigenvalue weighted by Gasteiger charge is -2.27. The van der Waals surface area contributed by atoms with Gasteiger partial charge in [-0.05, 0) is 73.7 Å². The average Bonchev–Trinajstić information content (AvgIpc) is 3.55. The van der Waals surface area contributed by atoms with Gasteiger partial charge < -0.3 is 25.0 Å². The molecule has 1 aliphatic rings. The van der Waals surface area contributed by atoms with E-state index in [0.29, 0.717) is 35.8 Å². The number of amides is 5. The van der Waals surface area contributed by atoms with Crippen LogP contribution in [0.1, 0.15) is 146 Å². The van der Waals surface area contributed by atoms with Gasteiger partial charge in [-0.15, -0.1) is 0 Å². The topological polar surface area (TPSA) is 151 Å². The molecule has 0 bridgehead atoms. The first kappa shape index (κ1) is 50.4. The van der Waals surface area contributed by atoms with Gasteiger partial charge in [0.05, 0.1) is 24.4 Å². The number of carbonyl (C=O) groups excluding carboxylic acids is 6. The van der Waals surface area contributed by atoms with Crippen molar-refractivity contribution < 1.29 is 38.2 Å². The number of methoxy groups -OCH3 is 1. The highest BCUT2D eigenvalue weighted by atomic mass is 35.5. The molecule has 3 aromatic carbocycles. The Morgan fingerprint density at radius 1 is 0.778 bits per heavy atom. The van der Waals surface area contributed by atoms with Gasteiger partial charge in [0, 0.05) is 29.6 Å². The number of carbonyl (C=O) groups is 6. The molecule has 1 saturated heterocycles. The smallest absolute Gasteiger partial charge is 0.328 e. The van der Waals surface area contributed by atoms with E-state index in [-0.39, 0.29) is 41.2 Å². The third-order valence-corrected chi connectivity index (χ3v) is 12.2. The Kier molecular flexibility index (Phi) is 21.1. The number of urea groups is 1. The minimum Gasteiger partial charge on any atom is -0.497 e. The molecule has 12 nitrogen and oxygen atoms in total. The molecule has 2 N–H and O–H groups in total. The summed E-state index contributed by atoms with van der Waals surface area (Å²) in [6.07, 6.45) is 17.4. The highest BCUT2D eigenvalue weighted by Gasteiger charge is 2.47. The summed E-state index contributed by atoms with van der Waals surface area (Å²) in [7, 11) is 1.48. The van der Waals surface area contributed by atoms with E-state index in [1.807, 2.05) is 44.2 Å². The van der Waals surface area contributed by atoms with Crippen molar-refractivity contribution in [2.24, 2.45) is 5.41 Å².